The topological polar surface area (TPSA) is 125 Å². The molecule has 5 rings (SSSR count). The van der Waals surface area contributed by atoms with Gasteiger partial charge >= 0.3 is 0 Å². The molecule has 2 unspecified atom stereocenters. The fourth-order valence-electron chi connectivity index (χ4n) is 6.02. The molecule has 0 aliphatic carbocycles. The first-order valence-electron chi connectivity index (χ1n) is 14.2. The molecular weight excluding hydrogens is 518 g/mol. The highest BCUT2D eigenvalue weighted by atomic mass is 32.2. The quantitative estimate of drug-likeness (QED) is 0.399. The summed E-state index contributed by atoms with van der Waals surface area (Å²) in [6.07, 6.45) is 11.7. The summed E-state index contributed by atoms with van der Waals surface area (Å²) in [5.74, 6) is 1.65. The Kier molecular flexibility index (Phi) is 8.93. The van der Waals surface area contributed by atoms with E-state index in [1.165, 1.54) is 49.9 Å². The van der Waals surface area contributed by atoms with Gasteiger partial charge in [-0.15, -0.1) is 0 Å². The van der Waals surface area contributed by atoms with Gasteiger partial charge in [-0.25, -0.2) is 13.4 Å². The zero-order valence-corrected chi connectivity index (χ0v) is 23.3. The number of sulfonamides is 1. The van der Waals surface area contributed by atoms with Crippen LogP contribution in [0.25, 0.3) is 0 Å². The van der Waals surface area contributed by atoms with Crippen molar-refractivity contribution < 1.29 is 13.3 Å². The zero-order valence-electron chi connectivity index (χ0n) is 22.4. The number of likely N-dealkylation sites (tertiary alicyclic amines) is 1. The monoisotopic (exact) mass is 557 g/mol. The maximum absolute atomic E-state index is 13.4. The van der Waals surface area contributed by atoms with Crippen molar-refractivity contribution in [2.45, 2.75) is 74.8 Å². The fraction of sp³-hybridized carbons (Fsp3) is 0.630. The Hall–Kier alpha value is -2.83. The maximum atomic E-state index is 13.4. The van der Waals surface area contributed by atoms with Crippen molar-refractivity contribution in [1.82, 2.24) is 19.2 Å². The molecule has 3 fully saturated rings. The van der Waals surface area contributed by atoms with Crippen molar-refractivity contribution >= 4 is 27.5 Å². The molecule has 1 N–H and O–H groups in total. The summed E-state index contributed by atoms with van der Waals surface area (Å²) in [5.41, 5.74) is -0.116. The van der Waals surface area contributed by atoms with Crippen LogP contribution in [0, 0.1) is 10.1 Å². The third kappa shape index (κ3) is 6.85. The summed E-state index contributed by atoms with van der Waals surface area (Å²) in [6, 6.07) is 7.49. The van der Waals surface area contributed by atoms with Crippen LogP contribution in [0.5, 0.6) is 0 Å². The van der Waals surface area contributed by atoms with Crippen LogP contribution < -0.4 is 10.2 Å². The lowest BCUT2D eigenvalue weighted by atomic mass is 10.1. The van der Waals surface area contributed by atoms with Crippen LogP contribution in [-0.4, -0.2) is 83.9 Å². The van der Waals surface area contributed by atoms with E-state index >= 15 is 0 Å². The standard InChI is InChI=1S/C27H39N7O4S/c35-34(36)23-10-12-25(13-11-23)39(37,38)33-19-7-9-24(21-33)32-18-6-3-8-22(20-32)29-27-28-15-14-26(30-27)31-16-4-1-2-5-17-31/h10-15,22,24H,1-9,16-21H2,(H,28,29,30). The molecule has 0 radical (unpaired) electrons. The number of hydrogen-bond acceptors (Lipinski definition) is 9. The highest BCUT2D eigenvalue weighted by Gasteiger charge is 2.34. The zero-order chi connectivity index (χ0) is 27.2. The van der Waals surface area contributed by atoms with Crippen LogP contribution in [0.2, 0.25) is 0 Å². The smallest absolute Gasteiger partial charge is 0.269 e. The van der Waals surface area contributed by atoms with Crippen molar-refractivity contribution in [3.8, 4) is 0 Å². The predicted molar refractivity (Wildman–Crippen MR) is 150 cm³/mol. The Balaban J connectivity index is 1.24. The summed E-state index contributed by atoms with van der Waals surface area (Å²) in [7, 11) is -3.72. The molecule has 2 aromatic rings. The van der Waals surface area contributed by atoms with E-state index in [2.05, 4.69) is 20.1 Å². The SMILES string of the molecule is O=[N+]([O-])c1ccc(S(=O)(=O)N2CCCC(N3CCCCC(Nc4nccc(N5CCCCCC5)n4)C3)C2)cc1. The second-order valence-corrected chi connectivity index (χ2v) is 12.8. The molecule has 0 spiro atoms. The number of benzene rings is 1. The second-order valence-electron chi connectivity index (χ2n) is 10.9. The highest BCUT2D eigenvalue weighted by molar-refractivity contribution is 7.89. The van der Waals surface area contributed by atoms with E-state index in [0.717, 1.165) is 64.1 Å². The molecule has 4 heterocycles. The molecule has 39 heavy (non-hydrogen) atoms. The van der Waals surface area contributed by atoms with Crippen molar-refractivity contribution in [2.75, 3.05) is 49.5 Å². The van der Waals surface area contributed by atoms with Crippen molar-refractivity contribution in [2.24, 2.45) is 0 Å². The van der Waals surface area contributed by atoms with E-state index in [1.54, 1.807) is 4.31 Å². The van der Waals surface area contributed by atoms with Crippen LogP contribution in [0.15, 0.2) is 41.4 Å². The molecule has 0 saturated carbocycles. The third-order valence-corrected chi connectivity index (χ3v) is 10.0. The van der Waals surface area contributed by atoms with E-state index in [0.29, 0.717) is 19.0 Å². The maximum Gasteiger partial charge on any atom is 0.269 e. The van der Waals surface area contributed by atoms with Gasteiger partial charge in [0.15, 0.2) is 0 Å². The average Bonchev–Trinajstić information content (AvgIpc) is 3.37. The van der Waals surface area contributed by atoms with Crippen molar-refractivity contribution in [1.29, 1.82) is 0 Å². The van der Waals surface area contributed by atoms with Crippen LogP contribution in [0.3, 0.4) is 0 Å². The van der Waals surface area contributed by atoms with E-state index < -0.39 is 14.9 Å². The van der Waals surface area contributed by atoms with Gasteiger partial charge in [0.2, 0.25) is 16.0 Å². The predicted octanol–water partition coefficient (Wildman–Crippen LogP) is 3.88. The van der Waals surface area contributed by atoms with E-state index in [-0.39, 0.29) is 22.7 Å². The normalized spacial score (nSPS) is 24.1. The second kappa shape index (κ2) is 12.6. The van der Waals surface area contributed by atoms with E-state index in [4.69, 9.17) is 4.98 Å². The number of non-ortho nitro benzene ring substituents is 1. The number of nitro benzene ring substituents is 1. The van der Waals surface area contributed by atoms with Gasteiger partial charge in [-0.2, -0.15) is 9.29 Å². The Morgan fingerprint density at radius 2 is 1.62 bits per heavy atom. The molecule has 3 aliphatic rings. The van der Waals surface area contributed by atoms with Gasteiger partial charge in [0.1, 0.15) is 5.82 Å². The first kappa shape index (κ1) is 27.7. The summed E-state index contributed by atoms with van der Waals surface area (Å²) < 4.78 is 28.3. The Morgan fingerprint density at radius 1 is 0.872 bits per heavy atom. The van der Waals surface area contributed by atoms with Gasteiger partial charge in [0.05, 0.1) is 9.82 Å². The molecule has 0 amide bonds. The summed E-state index contributed by atoms with van der Waals surface area (Å²) >= 11 is 0. The van der Waals surface area contributed by atoms with Gasteiger partial charge in [0, 0.05) is 63.1 Å². The molecule has 1 aromatic heterocycles. The molecule has 212 valence electrons. The summed E-state index contributed by atoms with van der Waals surface area (Å²) in [4.78, 5) is 24.7. The van der Waals surface area contributed by atoms with Crippen molar-refractivity contribution in [3.05, 3.63) is 46.6 Å². The van der Waals surface area contributed by atoms with Gasteiger partial charge < -0.3 is 10.2 Å². The number of aromatic nitrogens is 2. The molecule has 2 atom stereocenters. The minimum absolute atomic E-state index is 0.102. The van der Waals surface area contributed by atoms with Crippen LogP contribution >= 0.6 is 0 Å². The molecular formula is C27H39N7O4S. The number of piperidine rings is 1. The number of nitrogens with zero attached hydrogens (tertiary/aromatic N) is 6. The lowest BCUT2D eigenvalue weighted by molar-refractivity contribution is -0.384. The fourth-order valence-corrected chi connectivity index (χ4v) is 7.54. The van der Waals surface area contributed by atoms with Gasteiger partial charge in [0.25, 0.3) is 5.69 Å². The third-order valence-electron chi connectivity index (χ3n) is 8.17. The van der Waals surface area contributed by atoms with E-state index in [1.807, 2.05) is 12.3 Å². The first-order valence-corrected chi connectivity index (χ1v) is 15.7. The average molecular weight is 558 g/mol. The van der Waals surface area contributed by atoms with E-state index in [9.17, 15) is 18.5 Å². The largest absolute Gasteiger partial charge is 0.356 e. The summed E-state index contributed by atoms with van der Waals surface area (Å²) in [5, 5.41) is 14.6. The first-order chi connectivity index (χ1) is 18.9. The minimum atomic E-state index is -3.72. The molecule has 11 nitrogen and oxygen atoms in total. The van der Waals surface area contributed by atoms with Crippen molar-refractivity contribution in [3.63, 3.8) is 0 Å². The van der Waals surface area contributed by atoms with Gasteiger partial charge in [-0.1, -0.05) is 19.3 Å². The summed E-state index contributed by atoms with van der Waals surface area (Å²) in [6.45, 7) is 4.70. The number of nitro groups is 1. The van der Waals surface area contributed by atoms with Crippen LogP contribution in [0.4, 0.5) is 17.5 Å². The lowest BCUT2D eigenvalue weighted by Gasteiger charge is -2.39. The van der Waals surface area contributed by atoms with Gasteiger partial charge in [-0.05, 0) is 63.3 Å². The molecule has 0 bridgehead atoms. The lowest BCUT2D eigenvalue weighted by Crippen LogP contribution is -2.51. The van der Waals surface area contributed by atoms with Gasteiger partial charge in [-0.3, -0.25) is 15.0 Å². The number of nitrogens with one attached hydrogen (secondary N) is 1. The number of hydrogen-bond donors (Lipinski definition) is 1. The van der Waals surface area contributed by atoms with Crippen LogP contribution in [-0.2, 0) is 10.0 Å². The number of anilines is 2. The molecule has 12 heteroatoms. The Labute approximate surface area is 230 Å². The minimum Gasteiger partial charge on any atom is -0.356 e. The number of rotatable bonds is 7. The van der Waals surface area contributed by atoms with Crippen LogP contribution in [0.1, 0.15) is 57.8 Å². The molecule has 3 saturated heterocycles. The molecule has 3 aliphatic heterocycles. The Bertz CT molecular complexity index is 1220. The Morgan fingerprint density at radius 3 is 2.36 bits per heavy atom. The highest BCUT2D eigenvalue weighted by Crippen LogP contribution is 2.27. The molecule has 1 aromatic carbocycles.